The molecule has 0 aromatic carbocycles. The molecule has 0 radical (unpaired) electrons. The van der Waals surface area contributed by atoms with Crippen molar-refractivity contribution in [3.05, 3.63) is 16.1 Å². The summed E-state index contributed by atoms with van der Waals surface area (Å²) >= 11 is 1.72. The quantitative estimate of drug-likeness (QED) is 0.786. The number of hydrogen-bond donors (Lipinski definition) is 1. The third-order valence-electron chi connectivity index (χ3n) is 3.21. The van der Waals surface area contributed by atoms with E-state index < -0.39 is 0 Å². The lowest BCUT2D eigenvalue weighted by molar-refractivity contribution is -0.0325. The number of hydrogen-bond acceptors (Lipinski definition) is 4. The molecular formula is C14H26N2OS. The van der Waals surface area contributed by atoms with Crippen molar-refractivity contribution in [2.24, 2.45) is 0 Å². The van der Waals surface area contributed by atoms with Crippen LogP contribution in [0, 0.1) is 0 Å². The Hall–Kier alpha value is -0.450. The van der Waals surface area contributed by atoms with E-state index in [9.17, 15) is 0 Å². The molecule has 0 saturated heterocycles. The Labute approximate surface area is 115 Å². The van der Waals surface area contributed by atoms with Gasteiger partial charge in [0.1, 0.15) is 10.6 Å². The Kier molecular flexibility index (Phi) is 6.26. The molecule has 0 aliphatic carbocycles. The van der Waals surface area contributed by atoms with E-state index in [1.54, 1.807) is 11.3 Å². The van der Waals surface area contributed by atoms with Crippen LogP contribution in [0.1, 0.15) is 51.7 Å². The highest BCUT2D eigenvalue weighted by Gasteiger charge is 2.28. The SMILES string of the molecule is CCNC(C)Cc1csc(C(C)(CC)OCC)n1. The Bertz CT molecular complexity index is 353. The Balaban J connectivity index is 2.72. The van der Waals surface area contributed by atoms with Crippen molar-refractivity contribution in [2.75, 3.05) is 13.2 Å². The molecule has 2 atom stereocenters. The van der Waals surface area contributed by atoms with Gasteiger partial charge in [0, 0.05) is 24.4 Å². The number of rotatable bonds is 8. The maximum Gasteiger partial charge on any atom is 0.125 e. The highest BCUT2D eigenvalue weighted by Crippen LogP contribution is 2.31. The average Bonchev–Trinajstić information content (AvgIpc) is 2.78. The Morgan fingerprint density at radius 3 is 2.72 bits per heavy atom. The van der Waals surface area contributed by atoms with E-state index in [1.165, 1.54) is 5.69 Å². The largest absolute Gasteiger partial charge is 0.368 e. The van der Waals surface area contributed by atoms with Crippen LogP contribution >= 0.6 is 11.3 Å². The van der Waals surface area contributed by atoms with Crippen LogP contribution in [-0.2, 0) is 16.8 Å². The number of likely N-dealkylation sites (N-methyl/N-ethyl adjacent to an activating group) is 1. The molecule has 0 spiro atoms. The maximum atomic E-state index is 5.86. The zero-order valence-corrected chi connectivity index (χ0v) is 13.1. The first kappa shape index (κ1) is 15.6. The fourth-order valence-corrected chi connectivity index (χ4v) is 3.03. The molecule has 0 bridgehead atoms. The van der Waals surface area contributed by atoms with Crippen LogP contribution in [0.3, 0.4) is 0 Å². The first-order chi connectivity index (χ1) is 8.55. The molecule has 0 aliphatic rings. The number of nitrogens with zero attached hydrogens (tertiary/aromatic N) is 1. The zero-order chi connectivity index (χ0) is 13.6. The van der Waals surface area contributed by atoms with E-state index in [1.807, 2.05) is 6.92 Å². The minimum absolute atomic E-state index is 0.223. The molecule has 0 fully saturated rings. The predicted octanol–water partition coefficient (Wildman–Crippen LogP) is 3.35. The van der Waals surface area contributed by atoms with Gasteiger partial charge >= 0.3 is 0 Å². The monoisotopic (exact) mass is 270 g/mol. The molecule has 18 heavy (non-hydrogen) atoms. The summed E-state index contributed by atoms with van der Waals surface area (Å²) in [5.41, 5.74) is 0.946. The van der Waals surface area contributed by atoms with E-state index >= 15 is 0 Å². The number of nitrogens with one attached hydrogen (secondary N) is 1. The summed E-state index contributed by atoms with van der Waals surface area (Å²) in [4.78, 5) is 4.75. The summed E-state index contributed by atoms with van der Waals surface area (Å²) in [5, 5.41) is 6.68. The van der Waals surface area contributed by atoms with Crippen LogP contribution in [-0.4, -0.2) is 24.2 Å². The normalized spacial score (nSPS) is 16.5. The summed E-state index contributed by atoms with van der Waals surface area (Å²) in [7, 11) is 0. The smallest absolute Gasteiger partial charge is 0.125 e. The van der Waals surface area contributed by atoms with Crippen molar-refractivity contribution >= 4 is 11.3 Å². The predicted molar refractivity (Wildman–Crippen MR) is 78.2 cm³/mol. The third-order valence-corrected chi connectivity index (χ3v) is 4.35. The van der Waals surface area contributed by atoms with Crippen LogP contribution in [0.25, 0.3) is 0 Å². The van der Waals surface area contributed by atoms with Gasteiger partial charge in [-0.15, -0.1) is 11.3 Å². The van der Waals surface area contributed by atoms with Crippen LogP contribution in [0.15, 0.2) is 5.38 Å². The first-order valence-electron chi connectivity index (χ1n) is 6.87. The molecule has 0 aliphatic heterocycles. The van der Waals surface area contributed by atoms with Gasteiger partial charge in [0.15, 0.2) is 0 Å². The lowest BCUT2D eigenvalue weighted by atomic mass is 10.0. The Morgan fingerprint density at radius 2 is 2.17 bits per heavy atom. The zero-order valence-electron chi connectivity index (χ0n) is 12.2. The van der Waals surface area contributed by atoms with Crippen LogP contribution < -0.4 is 5.32 Å². The van der Waals surface area contributed by atoms with E-state index in [2.05, 4.69) is 38.4 Å². The summed E-state index contributed by atoms with van der Waals surface area (Å²) < 4.78 is 5.86. The van der Waals surface area contributed by atoms with Crippen molar-refractivity contribution in [1.82, 2.24) is 10.3 Å². The van der Waals surface area contributed by atoms with Gasteiger partial charge < -0.3 is 10.1 Å². The van der Waals surface area contributed by atoms with Gasteiger partial charge in [-0.3, -0.25) is 0 Å². The topological polar surface area (TPSA) is 34.1 Å². The molecule has 1 rings (SSSR count). The van der Waals surface area contributed by atoms with Gasteiger partial charge in [-0.1, -0.05) is 13.8 Å². The fraction of sp³-hybridized carbons (Fsp3) is 0.786. The molecule has 3 nitrogen and oxygen atoms in total. The highest BCUT2D eigenvalue weighted by molar-refractivity contribution is 7.09. The minimum Gasteiger partial charge on any atom is -0.368 e. The molecule has 1 aromatic heterocycles. The highest BCUT2D eigenvalue weighted by atomic mass is 32.1. The van der Waals surface area contributed by atoms with Crippen LogP contribution in [0.5, 0.6) is 0 Å². The molecule has 104 valence electrons. The minimum atomic E-state index is -0.223. The molecule has 0 saturated carbocycles. The lowest BCUT2D eigenvalue weighted by Gasteiger charge is -2.25. The average molecular weight is 270 g/mol. The van der Waals surface area contributed by atoms with Crippen molar-refractivity contribution in [1.29, 1.82) is 0 Å². The lowest BCUT2D eigenvalue weighted by Crippen LogP contribution is -2.28. The standard InChI is InChI=1S/C14H26N2OS/c1-6-14(5,17-8-3)13-16-12(10-18-13)9-11(4)15-7-2/h10-11,15H,6-9H2,1-5H3. The summed E-state index contributed by atoms with van der Waals surface area (Å²) in [6.45, 7) is 12.4. The summed E-state index contributed by atoms with van der Waals surface area (Å²) in [6.07, 6.45) is 1.94. The van der Waals surface area contributed by atoms with E-state index in [-0.39, 0.29) is 5.60 Å². The van der Waals surface area contributed by atoms with Crippen LogP contribution in [0.2, 0.25) is 0 Å². The fourth-order valence-electron chi connectivity index (χ4n) is 2.01. The van der Waals surface area contributed by atoms with Crippen LogP contribution in [0.4, 0.5) is 0 Å². The molecule has 4 heteroatoms. The second-order valence-electron chi connectivity index (χ2n) is 4.82. The van der Waals surface area contributed by atoms with Crippen molar-refractivity contribution in [3.8, 4) is 0 Å². The number of ether oxygens (including phenoxy) is 1. The molecule has 1 N–H and O–H groups in total. The Morgan fingerprint density at radius 1 is 1.44 bits per heavy atom. The maximum absolute atomic E-state index is 5.86. The van der Waals surface area contributed by atoms with Gasteiger partial charge in [-0.25, -0.2) is 4.98 Å². The van der Waals surface area contributed by atoms with Gasteiger partial charge in [0.05, 0.1) is 5.69 Å². The van der Waals surface area contributed by atoms with E-state index in [0.717, 1.165) is 31.0 Å². The molecule has 2 unspecified atom stereocenters. The molecule has 1 heterocycles. The summed E-state index contributed by atoms with van der Waals surface area (Å²) in [6, 6.07) is 0.477. The van der Waals surface area contributed by atoms with Gasteiger partial charge in [0.25, 0.3) is 0 Å². The van der Waals surface area contributed by atoms with Crippen molar-refractivity contribution < 1.29 is 4.74 Å². The van der Waals surface area contributed by atoms with Crippen molar-refractivity contribution in [2.45, 2.75) is 59.1 Å². The van der Waals surface area contributed by atoms with E-state index in [4.69, 9.17) is 9.72 Å². The number of thiazole rings is 1. The first-order valence-corrected chi connectivity index (χ1v) is 7.75. The second-order valence-corrected chi connectivity index (χ2v) is 5.68. The van der Waals surface area contributed by atoms with Gasteiger partial charge in [0.2, 0.25) is 0 Å². The second kappa shape index (κ2) is 7.22. The summed E-state index contributed by atoms with van der Waals surface area (Å²) in [5.74, 6) is 0. The van der Waals surface area contributed by atoms with Crippen molar-refractivity contribution in [3.63, 3.8) is 0 Å². The third kappa shape index (κ3) is 4.04. The van der Waals surface area contributed by atoms with Gasteiger partial charge in [-0.2, -0.15) is 0 Å². The molecule has 0 amide bonds. The molecule has 1 aromatic rings. The van der Waals surface area contributed by atoms with Gasteiger partial charge in [-0.05, 0) is 33.7 Å². The number of aromatic nitrogens is 1. The van der Waals surface area contributed by atoms with E-state index in [0.29, 0.717) is 6.04 Å². The molecular weight excluding hydrogens is 244 g/mol.